The highest BCUT2D eigenvalue weighted by molar-refractivity contribution is 7.09. The highest BCUT2D eigenvalue weighted by atomic mass is 32.1. The van der Waals surface area contributed by atoms with Gasteiger partial charge in [-0.15, -0.1) is 11.3 Å². The molecule has 0 radical (unpaired) electrons. The lowest BCUT2D eigenvalue weighted by Gasteiger charge is -2.19. The average Bonchev–Trinajstić information content (AvgIpc) is 2.39. The molecule has 0 unspecified atom stereocenters. The minimum atomic E-state index is -0.745. The second-order valence-corrected chi connectivity index (χ2v) is 3.99. The molecule has 0 aromatic carbocycles. The van der Waals surface area contributed by atoms with Crippen LogP contribution in [0.25, 0.3) is 0 Å². The third-order valence-electron chi connectivity index (χ3n) is 1.57. The lowest BCUT2D eigenvalue weighted by molar-refractivity contribution is 0.0705. The second kappa shape index (κ2) is 3.34. The molecule has 0 aliphatic heterocycles. The molecule has 11 heavy (non-hydrogen) atoms. The molecular weight excluding hydrogens is 158 g/mol. The van der Waals surface area contributed by atoms with Gasteiger partial charge in [-0.3, -0.25) is 0 Å². The molecule has 0 aliphatic carbocycles. The minimum Gasteiger partial charge on any atom is -0.388 e. The van der Waals surface area contributed by atoms with Crippen LogP contribution in [-0.4, -0.2) is 17.3 Å². The van der Waals surface area contributed by atoms with Crippen molar-refractivity contribution in [3.05, 3.63) is 22.4 Å². The van der Waals surface area contributed by atoms with E-state index in [0.717, 1.165) is 0 Å². The van der Waals surface area contributed by atoms with E-state index in [-0.39, 0.29) is 0 Å². The molecule has 2 nitrogen and oxygen atoms in total. The van der Waals surface area contributed by atoms with Crippen molar-refractivity contribution < 1.29 is 5.11 Å². The molecule has 0 amide bonds. The first-order valence-electron chi connectivity index (χ1n) is 3.59. The Morgan fingerprint density at radius 1 is 1.73 bits per heavy atom. The maximum Gasteiger partial charge on any atom is 0.0789 e. The van der Waals surface area contributed by atoms with Gasteiger partial charge in [-0.25, -0.2) is 0 Å². The van der Waals surface area contributed by atoms with E-state index >= 15 is 0 Å². The third-order valence-corrected chi connectivity index (χ3v) is 2.45. The summed E-state index contributed by atoms with van der Waals surface area (Å²) in [6.45, 7) is 2.07. The predicted molar refractivity (Wildman–Crippen MR) is 47.7 cm³/mol. The van der Waals surface area contributed by atoms with Crippen molar-refractivity contribution in [2.24, 2.45) is 5.73 Å². The van der Waals surface area contributed by atoms with Crippen LogP contribution in [0, 0.1) is 0 Å². The molecule has 1 aromatic rings. The number of hydrogen-bond acceptors (Lipinski definition) is 3. The van der Waals surface area contributed by atoms with E-state index in [4.69, 9.17) is 5.73 Å². The van der Waals surface area contributed by atoms with Crippen molar-refractivity contribution >= 4 is 11.3 Å². The van der Waals surface area contributed by atoms with Gasteiger partial charge in [-0.05, 0) is 18.4 Å². The van der Waals surface area contributed by atoms with Crippen molar-refractivity contribution in [3.63, 3.8) is 0 Å². The zero-order valence-corrected chi connectivity index (χ0v) is 7.40. The Balaban J connectivity index is 2.56. The molecule has 1 atom stereocenters. The fraction of sp³-hybridized carbons (Fsp3) is 0.500. The van der Waals surface area contributed by atoms with E-state index in [1.165, 1.54) is 4.88 Å². The number of nitrogens with two attached hydrogens (primary N) is 1. The molecule has 1 rings (SSSR count). The molecular formula is C8H13NOS. The van der Waals surface area contributed by atoms with E-state index in [2.05, 4.69) is 0 Å². The van der Waals surface area contributed by atoms with Crippen molar-refractivity contribution in [3.8, 4) is 0 Å². The van der Waals surface area contributed by atoms with Crippen LogP contribution < -0.4 is 5.73 Å². The van der Waals surface area contributed by atoms with Crippen LogP contribution in [0.2, 0.25) is 0 Å². The van der Waals surface area contributed by atoms with E-state index in [1.54, 1.807) is 18.3 Å². The Bertz CT molecular complexity index is 206. The lowest BCUT2D eigenvalue weighted by Crippen LogP contribution is -2.36. The highest BCUT2D eigenvalue weighted by Gasteiger charge is 2.18. The summed E-state index contributed by atoms with van der Waals surface area (Å²) in [7, 11) is 0. The maximum absolute atomic E-state index is 9.58. The molecule has 3 heteroatoms. The summed E-state index contributed by atoms with van der Waals surface area (Å²) in [5, 5.41) is 11.6. The van der Waals surface area contributed by atoms with Gasteiger partial charge in [0.15, 0.2) is 0 Å². The first kappa shape index (κ1) is 8.71. The maximum atomic E-state index is 9.58. The zero-order chi connectivity index (χ0) is 8.32. The van der Waals surface area contributed by atoms with Gasteiger partial charge < -0.3 is 10.8 Å². The molecule has 0 aliphatic rings. The van der Waals surface area contributed by atoms with E-state index in [9.17, 15) is 5.11 Å². The first-order chi connectivity index (χ1) is 5.14. The molecule has 1 aromatic heterocycles. The van der Waals surface area contributed by atoms with Gasteiger partial charge in [0.25, 0.3) is 0 Å². The van der Waals surface area contributed by atoms with Crippen LogP contribution in [0.4, 0.5) is 0 Å². The van der Waals surface area contributed by atoms with Crippen molar-refractivity contribution in [1.29, 1.82) is 0 Å². The van der Waals surface area contributed by atoms with Gasteiger partial charge >= 0.3 is 0 Å². The van der Waals surface area contributed by atoms with Gasteiger partial charge in [0.1, 0.15) is 0 Å². The van der Waals surface area contributed by atoms with Crippen LogP contribution in [0.5, 0.6) is 0 Å². The summed E-state index contributed by atoms with van der Waals surface area (Å²) in [4.78, 5) is 1.18. The van der Waals surface area contributed by atoms with Gasteiger partial charge in [-0.2, -0.15) is 0 Å². The predicted octanol–water partition coefficient (Wildman–Crippen LogP) is 1.00. The molecule has 1 heterocycles. The Morgan fingerprint density at radius 2 is 2.45 bits per heavy atom. The summed E-state index contributed by atoms with van der Waals surface area (Å²) < 4.78 is 0. The van der Waals surface area contributed by atoms with Crippen LogP contribution in [0.1, 0.15) is 11.8 Å². The molecule has 0 fully saturated rings. The molecule has 0 saturated heterocycles. The minimum absolute atomic E-state index is 0.310. The van der Waals surface area contributed by atoms with E-state index in [0.29, 0.717) is 13.0 Å². The molecule has 62 valence electrons. The summed E-state index contributed by atoms with van der Waals surface area (Å²) in [6.07, 6.45) is 0.654. The quantitative estimate of drug-likeness (QED) is 0.712. The van der Waals surface area contributed by atoms with Gasteiger partial charge in [-0.1, -0.05) is 6.07 Å². The lowest BCUT2D eigenvalue weighted by atomic mass is 10.0. The van der Waals surface area contributed by atoms with Crippen molar-refractivity contribution in [1.82, 2.24) is 0 Å². The monoisotopic (exact) mass is 171 g/mol. The second-order valence-electron chi connectivity index (χ2n) is 2.96. The summed E-state index contributed by atoms with van der Waals surface area (Å²) in [5.74, 6) is 0. The summed E-state index contributed by atoms with van der Waals surface area (Å²) in [6, 6.07) is 3.99. The fourth-order valence-corrected chi connectivity index (χ4v) is 1.74. The normalized spacial score (nSPS) is 16.3. The fourth-order valence-electron chi connectivity index (χ4n) is 0.861. The number of thiophene rings is 1. The smallest absolute Gasteiger partial charge is 0.0789 e. The molecule has 3 N–H and O–H groups in total. The van der Waals surface area contributed by atoms with E-state index in [1.807, 2.05) is 17.5 Å². The molecule has 0 bridgehead atoms. The average molecular weight is 171 g/mol. The van der Waals surface area contributed by atoms with Gasteiger partial charge in [0.05, 0.1) is 5.60 Å². The topological polar surface area (TPSA) is 46.2 Å². The van der Waals surface area contributed by atoms with Crippen molar-refractivity contribution in [2.75, 3.05) is 6.54 Å². The zero-order valence-electron chi connectivity index (χ0n) is 6.58. The Hall–Kier alpha value is -0.380. The first-order valence-corrected chi connectivity index (χ1v) is 4.47. The number of aliphatic hydroxyl groups is 1. The summed E-state index contributed by atoms with van der Waals surface area (Å²) >= 11 is 1.65. The van der Waals surface area contributed by atoms with Crippen molar-refractivity contribution in [2.45, 2.75) is 18.9 Å². The molecule has 0 spiro atoms. The van der Waals surface area contributed by atoms with Crippen LogP contribution in [0.3, 0.4) is 0 Å². The highest BCUT2D eigenvalue weighted by Crippen LogP contribution is 2.16. The summed E-state index contributed by atoms with van der Waals surface area (Å²) in [5.41, 5.74) is 4.63. The number of rotatable bonds is 3. The standard InChI is InChI=1S/C8H13NOS/c1-8(10,6-9)5-7-3-2-4-11-7/h2-4,10H,5-6,9H2,1H3/t8-/m0/s1. The Morgan fingerprint density at radius 3 is 2.91 bits per heavy atom. The molecule has 0 saturated carbocycles. The SMILES string of the molecule is C[C@@](O)(CN)Cc1cccs1. The van der Waals surface area contributed by atoms with E-state index < -0.39 is 5.60 Å². The Labute approximate surface area is 70.7 Å². The van der Waals surface area contributed by atoms with Crippen LogP contribution >= 0.6 is 11.3 Å². The van der Waals surface area contributed by atoms with Crippen LogP contribution in [0.15, 0.2) is 17.5 Å². The largest absolute Gasteiger partial charge is 0.388 e. The number of hydrogen-bond donors (Lipinski definition) is 2. The Kier molecular flexibility index (Phi) is 2.65. The van der Waals surface area contributed by atoms with Gasteiger partial charge in [0.2, 0.25) is 0 Å². The van der Waals surface area contributed by atoms with Crippen LogP contribution in [-0.2, 0) is 6.42 Å². The third kappa shape index (κ3) is 2.61. The van der Waals surface area contributed by atoms with Gasteiger partial charge in [0, 0.05) is 17.8 Å².